The van der Waals surface area contributed by atoms with E-state index in [1.54, 1.807) is 25.8 Å². The molecule has 1 unspecified atom stereocenters. The highest BCUT2D eigenvalue weighted by Gasteiger charge is 2.43. The van der Waals surface area contributed by atoms with Crippen LogP contribution in [0.4, 0.5) is 0 Å². The molecule has 5 N–H and O–H groups in total. The number of likely N-dealkylation sites (N-methyl/N-ethyl adjacent to an activating group) is 1. The quantitative estimate of drug-likeness (QED) is 0.0538. The minimum Gasteiger partial charge on any atom is -0.396 e. The molecule has 0 aromatic carbocycles. The van der Waals surface area contributed by atoms with Crippen LogP contribution >= 0.6 is 24.8 Å². The number of nitrogens with one attached hydrogen (secondary N) is 4. The number of nitrogens with zero attached hydrogens (tertiary/aromatic N) is 1. The number of hydrogen-bond acceptors (Lipinski definition) is 10. The van der Waals surface area contributed by atoms with E-state index in [1.165, 1.54) is 6.42 Å². The molecule has 388 valence electrons. The summed E-state index contributed by atoms with van der Waals surface area (Å²) in [7, 11) is 1.73. The maximum absolute atomic E-state index is 14.0. The van der Waals surface area contributed by atoms with E-state index in [-0.39, 0.29) is 135 Å². The number of aliphatic hydroxyl groups excluding tert-OH is 1. The average Bonchev–Trinajstić information content (AvgIpc) is 3.80. The summed E-state index contributed by atoms with van der Waals surface area (Å²) in [6.45, 7) is 16.2. The molecule has 0 aromatic heterocycles. The zero-order valence-corrected chi connectivity index (χ0v) is 44.3. The minimum atomic E-state index is -0.671. The van der Waals surface area contributed by atoms with Crippen LogP contribution < -0.4 is 21.3 Å². The number of likely N-dealkylation sites (tertiary alicyclic amines) is 1. The molecule has 0 bridgehead atoms. The van der Waals surface area contributed by atoms with Gasteiger partial charge < -0.3 is 40.7 Å². The van der Waals surface area contributed by atoms with E-state index in [1.807, 2.05) is 41.5 Å². The molecule has 1 aliphatic heterocycles. The Kier molecular flexibility index (Phi) is 30.1. The van der Waals surface area contributed by atoms with E-state index in [4.69, 9.17) is 9.47 Å². The van der Waals surface area contributed by atoms with E-state index in [0.717, 1.165) is 64.2 Å². The van der Waals surface area contributed by atoms with Gasteiger partial charge in [-0.3, -0.25) is 28.8 Å². The van der Waals surface area contributed by atoms with Crippen LogP contribution in [0, 0.1) is 64.6 Å². The highest BCUT2D eigenvalue weighted by molar-refractivity contribution is 5.94. The molecule has 3 rings (SSSR count). The first-order chi connectivity index (χ1) is 31.4. The summed E-state index contributed by atoms with van der Waals surface area (Å²) in [5, 5.41) is 21.9. The van der Waals surface area contributed by atoms with Gasteiger partial charge in [0.05, 0.1) is 49.9 Å². The smallest absolute Gasteiger partial charge is 0.243 e. The van der Waals surface area contributed by atoms with Crippen LogP contribution in [0.15, 0.2) is 0 Å². The van der Waals surface area contributed by atoms with Crippen molar-refractivity contribution in [3.8, 4) is 23.7 Å². The number of carbonyl (C=O) groups excluding carboxylic acids is 6. The van der Waals surface area contributed by atoms with Crippen molar-refractivity contribution in [2.75, 3.05) is 46.6 Å². The number of Topliss-reactive ketones (excluding diaryl/α,β-unsaturated/α-hetero) is 2. The zero-order valence-electron chi connectivity index (χ0n) is 42.7. The van der Waals surface area contributed by atoms with E-state index in [2.05, 4.69) is 44.9 Å². The second kappa shape index (κ2) is 32.6. The monoisotopic (exact) mass is 996 g/mol. The average molecular weight is 997 g/mol. The Morgan fingerprint density at radius 3 is 1.82 bits per heavy atom. The van der Waals surface area contributed by atoms with Crippen LogP contribution in [0.25, 0.3) is 0 Å². The van der Waals surface area contributed by atoms with Crippen LogP contribution in [-0.2, 0) is 38.2 Å². The van der Waals surface area contributed by atoms with Crippen molar-refractivity contribution in [3.63, 3.8) is 0 Å². The van der Waals surface area contributed by atoms with Gasteiger partial charge in [0.1, 0.15) is 25.0 Å². The predicted octanol–water partition coefficient (Wildman–Crippen LogP) is 5.98. The lowest BCUT2D eigenvalue weighted by Crippen LogP contribution is -2.54. The highest BCUT2D eigenvalue weighted by Crippen LogP contribution is 2.34. The Labute approximate surface area is 421 Å². The molecule has 2 saturated carbocycles. The molecule has 68 heavy (non-hydrogen) atoms. The molecule has 4 amide bonds. The lowest BCUT2D eigenvalue weighted by atomic mass is 9.76. The lowest BCUT2D eigenvalue weighted by Gasteiger charge is -2.36. The first-order valence-corrected chi connectivity index (χ1v) is 25.1. The third-order valence-electron chi connectivity index (χ3n) is 14.2. The van der Waals surface area contributed by atoms with Gasteiger partial charge in [0.15, 0.2) is 5.78 Å². The van der Waals surface area contributed by atoms with Gasteiger partial charge in [-0.05, 0) is 93.9 Å². The van der Waals surface area contributed by atoms with Gasteiger partial charge >= 0.3 is 0 Å². The molecule has 8 atom stereocenters. The molecule has 14 nitrogen and oxygen atoms in total. The first kappa shape index (κ1) is 62.8. The summed E-state index contributed by atoms with van der Waals surface area (Å²) in [5.41, 5.74) is -0.454. The maximum atomic E-state index is 14.0. The largest absolute Gasteiger partial charge is 0.396 e. The number of amides is 4. The van der Waals surface area contributed by atoms with E-state index < -0.39 is 35.3 Å². The van der Waals surface area contributed by atoms with Gasteiger partial charge in [-0.15, -0.1) is 24.8 Å². The molecule has 0 aromatic rings. The lowest BCUT2D eigenvalue weighted by molar-refractivity contribution is -0.146. The Morgan fingerprint density at radius 2 is 1.29 bits per heavy atom. The molecule has 1 saturated heterocycles. The fraction of sp³-hybridized carbons (Fsp3) is 0.808. The Balaban J connectivity index is 0.0000116. The van der Waals surface area contributed by atoms with Crippen molar-refractivity contribution in [3.05, 3.63) is 0 Å². The number of ether oxygens (including phenoxy) is 2. The SMILES string of the molecule is CC[C@H](CO)C(=O)N[C@@H](C(=O)C[C@@H](C)C(=O)N[C@H](COCC#CC#CCOC[C@@H](NC(=O)C1CCCN1C(=O)[C@@H](CC(=O)[C@H](C)NC)C(C)(C)C)C1CCCCC1)C(C)C)C1CCCCC1.Cl.Cl. The van der Waals surface area contributed by atoms with Crippen molar-refractivity contribution < 1.29 is 43.3 Å². The number of aliphatic hydroxyl groups is 1. The highest BCUT2D eigenvalue weighted by atomic mass is 35.5. The minimum absolute atomic E-state index is 0. The number of carbonyl (C=O) groups is 6. The van der Waals surface area contributed by atoms with E-state index >= 15 is 0 Å². The van der Waals surface area contributed by atoms with Gasteiger partial charge in [0.25, 0.3) is 0 Å². The van der Waals surface area contributed by atoms with Gasteiger partial charge in [-0.25, -0.2) is 0 Å². The topological polar surface area (TPSA) is 192 Å². The number of rotatable bonds is 25. The third kappa shape index (κ3) is 20.6. The number of halogens is 2. The number of hydrogen-bond donors (Lipinski definition) is 5. The zero-order chi connectivity index (χ0) is 48.8. The van der Waals surface area contributed by atoms with Gasteiger partial charge in [-0.2, -0.15) is 0 Å². The Bertz CT molecular complexity index is 1700. The summed E-state index contributed by atoms with van der Waals surface area (Å²) < 4.78 is 11.8. The fourth-order valence-electron chi connectivity index (χ4n) is 9.40. The molecule has 2 aliphatic carbocycles. The van der Waals surface area contributed by atoms with E-state index in [0.29, 0.717) is 26.0 Å². The third-order valence-corrected chi connectivity index (χ3v) is 14.2. The summed E-state index contributed by atoms with van der Waals surface area (Å²) in [6.07, 6.45) is 12.0. The summed E-state index contributed by atoms with van der Waals surface area (Å²) in [4.78, 5) is 82.4. The molecular formula is C52H87Cl2N5O9. The normalized spacial score (nSPS) is 19.7. The van der Waals surface area contributed by atoms with Crippen molar-refractivity contribution in [1.82, 2.24) is 26.2 Å². The van der Waals surface area contributed by atoms with Crippen LogP contribution in [0.2, 0.25) is 0 Å². The fourth-order valence-corrected chi connectivity index (χ4v) is 9.40. The summed E-state index contributed by atoms with van der Waals surface area (Å²) >= 11 is 0. The van der Waals surface area contributed by atoms with Gasteiger partial charge in [0, 0.05) is 31.2 Å². The van der Waals surface area contributed by atoms with Crippen LogP contribution in [-0.4, -0.2) is 122 Å². The van der Waals surface area contributed by atoms with Crippen LogP contribution in [0.3, 0.4) is 0 Å². The first-order valence-electron chi connectivity index (χ1n) is 25.1. The molecule has 3 aliphatic rings. The molecule has 0 radical (unpaired) electrons. The van der Waals surface area contributed by atoms with Crippen molar-refractivity contribution in [1.29, 1.82) is 0 Å². The van der Waals surface area contributed by atoms with Gasteiger partial charge in [-0.1, -0.05) is 98.8 Å². The predicted molar refractivity (Wildman–Crippen MR) is 271 cm³/mol. The summed E-state index contributed by atoms with van der Waals surface area (Å²) in [6, 6.07) is -2.15. The molecular weight excluding hydrogens is 910 g/mol. The van der Waals surface area contributed by atoms with Crippen molar-refractivity contribution >= 4 is 60.0 Å². The van der Waals surface area contributed by atoms with Gasteiger partial charge in [0.2, 0.25) is 23.6 Å². The molecule has 1 heterocycles. The van der Waals surface area contributed by atoms with Crippen molar-refractivity contribution in [2.24, 2.45) is 40.9 Å². The standard InChI is InChI=1S/C52H85N5O9.2ClH/c1-10-38(32-58)49(62)56-47(40-24-17-14-18-25-40)46(60)30-36(4)48(61)54-42(35(2)3)33-65-28-19-11-12-20-29-66-34-43(39-22-15-13-16-23-39)55-50(63)44-26-21-27-57(44)51(64)41(52(6,7)8)31-45(59)37(5)53-9;;/h35-44,47,53,58H,10,13-18,21-34H2,1-9H3,(H,54,61)(H,55,63)(H,56,62);2*1H/t36-,37+,38-,41-,42-,43-,44?,47-;;/m1../s1. The van der Waals surface area contributed by atoms with Crippen LogP contribution in [0.1, 0.15) is 152 Å². The maximum Gasteiger partial charge on any atom is 0.243 e. The molecule has 16 heteroatoms. The summed E-state index contributed by atoms with van der Waals surface area (Å²) in [5.74, 6) is 8.99. The second-order valence-electron chi connectivity index (χ2n) is 20.5. The second-order valence-corrected chi connectivity index (χ2v) is 20.5. The number of ketones is 2. The Morgan fingerprint density at radius 1 is 0.721 bits per heavy atom. The Hall–Kier alpha value is -3.24. The van der Waals surface area contributed by atoms with Crippen LogP contribution in [0.5, 0.6) is 0 Å². The van der Waals surface area contributed by atoms with Crippen molar-refractivity contribution in [2.45, 2.75) is 182 Å². The molecule has 0 spiro atoms. The molecule has 3 fully saturated rings. The van der Waals surface area contributed by atoms with E-state index in [9.17, 15) is 33.9 Å².